The van der Waals surface area contributed by atoms with Gasteiger partial charge in [-0.25, -0.2) is 4.79 Å². The molecule has 166 valence electrons. The van der Waals surface area contributed by atoms with Gasteiger partial charge >= 0.3 is 5.97 Å². The molecule has 0 aromatic rings. The van der Waals surface area contributed by atoms with Gasteiger partial charge < -0.3 is 38.0 Å². The Bertz CT molecular complexity index is 575. The van der Waals surface area contributed by atoms with E-state index in [4.69, 9.17) is 22.3 Å². The molecule has 0 spiro atoms. The van der Waals surface area contributed by atoms with Crippen molar-refractivity contribution in [3.05, 3.63) is 0 Å². The quantitative estimate of drug-likeness (QED) is 0.112. The highest BCUT2D eigenvalue weighted by atomic mass is 16.4. The number of rotatable bonds is 12. The molecule has 0 saturated heterocycles. The highest BCUT2D eigenvalue weighted by Crippen LogP contribution is 2.27. The van der Waals surface area contributed by atoms with Gasteiger partial charge in [-0.1, -0.05) is 32.1 Å². The van der Waals surface area contributed by atoms with Crippen molar-refractivity contribution >= 4 is 23.7 Å². The first-order valence-electron chi connectivity index (χ1n) is 10.00. The summed E-state index contributed by atoms with van der Waals surface area (Å²) in [6.45, 7) is -0.304. The van der Waals surface area contributed by atoms with Crippen molar-refractivity contribution in [3.8, 4) is 0 Å². The van der Waals surface area contributed by atoms with Crippen LogP contribution in [0.5, 0.6) is 0 Å². The molecule has 1 saturated carbocycles. The normalized spacial score (nSPS) is 17.6. The molecule has 0 bridgehead atoms. The van der Waals surface area contributed by atoms with E-state index in [1.54, 1.807) is 0 Å². The Kier molecular flexibility index (Phi) is 11.0. The van der Waals surface area contributed by atoms with Crippen LogP contribution in [0.15, 0.2) is 4.99 Å². The number of aliphatic carboxylic acids is 1. The van der Waals surface area contributed by atoms with E-state index in [9.17, 15) is 19.5 Å². The number of nitrogens with zero attached hydrogens (tertiary/aromatic N) is 1. The number of aliphatic imine (C=N–C) groups is 1. The predicted molar refractivity (Wildman–Crippen MR) is 108 cm³/mol. The summed E-state index contributed by atoms with van der Waals surface area (Å²) in [5.41, 5.74) is 16.0. The number of carbonyl (C=O) groups excluding carboxylic acids is 2. The largest absolute Gasteiger partial charge is 0.480 e. The molecule has 1 fully saturated rings. The molecule has 1 rings (SSSR count). The third-order valence-corrected chi connectivity index (χ3v) is 5.02. The maximum absolute atomic E-state index is 12.8. The summed E-state index contributed by atoms with van der Waals surface area (Å²) in [6, 6.07) is -3.19. The van der Waals surface area contributed by atoms with Gasteiger partial charge in [0.05, 0.1) is 6.61 Å². The Morgan fingerprint density at radius 1 is 1.03 bits per heavy atom. The second-order valence-corrected chi connectivity index (χ2v) is 7.44. The van der Waals surface area contributed by atoms with E-state index in [0.29, 0.717) is 12.8 Å². The molecule has 1 aliphatic rings. The van der Waals surface area contributed by atoms with Crippen LogP contribution in [0, 0.1) is 5.92 Å². The number of nitrogens with one attached hydrogen (secondary N) is 2. The predicted octanol–water partition coefficient (Wildman–Crippen LogP) is -1.62. The molecule has 0 aromatic heterocycles. The van der Waals surface area contributed by atoms with Gasteiger partial charge in [0.1, 0.15) is 18.1 Å². The fourth-order valence-electron chi connectivity index (χ4n) is 3.38. The van der Waals surface area contributed by atoms with Gasteiger partial charge in [0.2, 0.25) is 11.8 Å². The summed E-state index contributed by atoms with van der Waals surface area (Å²) < 4.78 is 0. The van der Waals surface area contributed by atoms with E-state index in [-0.39, 0.29) is 24.8 Å². The summed E-state index contributed by atoms with van der Waals surface area (Å²) in [5.74, 6) is -2.24. The minimum Gasteiger partial charge on any atom is -0.480 e. The molecule has 0 aliphatic heterocycles. The average Bonchev–Trinajstić information content (AvgIpc) is 2.69. The number of amides is 2. The zero-order valence-electron chi connectivity index (χ0n) is 16.7. The molecular weight excluding hydrogens is 380 g/mol. The van der Waals surface area contributed by atoms with Gasteiger partial charge in [0, 0.05) is 6.54 Å². The van der Waals surface area contributed by atoms with Crippen molar-refractivity contribution < 1.29 is 24.6 Å². The van der Waals surface area contributed by atoms with Crippen LogP contribution in [-0.4, -0.2) is 65.2 Å². The van der Waals surface area contributed by atoms with Crippen molar-refractivity contribution in [2.75, 3.05) is 13.2 Å². The van der Waals surface area contributed by atoms with Crippen LogP contribution in [-0.2, 0) is 14.4 Å². The van der Waals surface area contributed by atoms with Crippen LogP contribution in [0.3, 0.4) is 0 Å². The third-order valence-electron chi connectivity index (χ3n) is 5.02. The van der Waals surface area contributed by atoms with Crippen molar-refractivity contribution in [2.24, 2.45) is 28.1 Å². The van der Waals surface area contributed by atoms with Crippen LogP contribution in [0.2, 0.25) is 0 Å². The molecule has 3 atom stereocenters. The summed E-state index contributed by atoms with van der Waals surface area (Å²) in [6.07, 6.45) is 6.07. The van der Waals surface area contributed by atoms with Crippen LogP contribution in [0.1, 0.15) is 51.4 Å². The van der Waals surface area contributed by atoms with Crippen LogP contribution in [0.25, 0.3) is 0 Å². The minimum absolute atomic E-state index is 0.0867. The molecule has 1 aliphatic carbocycles. The number of nitrogens with two attached hydrogens (primary N) is 3. The van der Waals surface area contributed by atoms with Crippen molar-refractivity contribution in [3.63, 3.8) is 0 Å². The van der Waals surface area contributed by atoms with E-state index < -0.39 is 42.5 Å². The summed E-state index contributed by atoms with van der Waals surface area (Å²) in [7, 11) is 0. The second-order valence-electron chi connectivity index (χ2n) is 7.44. The summed E-state index contributed by atoms with van der Waals surface area (Å²) in [5, 5.41) is 23.5. The Morgan fingerprint density at radius 3 is 2.21 bits per heavy atom. The van der Waals surface area contributed by atoms with Gasteiger partial charge in [-0.2, -0.15) is 0 Å². The third kappa shape index (κ3) is 9.57. The first-order chi connectivity index (χ1) is 13.7. The molecule has 29 heavy (non-hydrogen) atoms. The maximum atomic E-state index is 12.8. The van der Waals surface area contributed by atoms with E-state index in [2.05, 4.69) is 15.6 Å². The lowest BCUT2D eigenvalue weighted by Crippen LogP contribution is -2.55. The zero-order valence-corrected chi connectivity index (χ0v) is 16.7. The molecule has 11 nitrogen and oxygen atoms in total. The van der Waals surface area contributed by atoms with Crippen LogP contribution in [0.4, 0.5) is 0 Å². The maximum Gasteiger partial charge on any atom is 0.326 e. The average molecular weight is 415 g/mol. The smallest absolute Gasteiger partial charge is 0.326 e. The fraction of sp³-hybridized carbons (Fsp3) is 0.778. The fourth-order valence-corrected chi connectivity index (χ4v) is 3.38. The van der Waals surface area contributed by atoms with Gasteiger partial charge in [0.15, 0.2) is 5.96 Å². The first kappa shape index (κ1) is 24.6. The lowest BCUT2D eigenvalue weighted by Gasteiger charge is -2.28. The number of carboxylic acid groups (broad SMARTS) is 1. The molecule has 10 N–H and O–H groups in total. The monoisotopic (exact) mass is 414 g/mol. The lowest BCUT2D eigenvalue weighted by molar-refractivity contribution is -0.142. The van der Waals surface area contributed by atoms with Crippen molar-refractivity contribution in [1.29, 1.82) is 0 Å². The molecule has 0 heterocycles. The number of hydrogen-bond acceptors (Lipinski definition) is 6. The van der Waals surface area contributed by atoms with Gasteiger partial charge in [0.25, 0.3) is 0 Å². The number of carboxylic acids is 1. The Balaban J connectivity index is 2.76. The first-order valence-corrected chi connectivity index (χ1v) is 10.00. The highest BCUT2D eigenvalue weighted by Gasteiger charge is 2.30. The molecule has 11 heteroatoms. The number of aliphatic hydroxyl groups excluding tert-OH is 1. The standard InChI is InChI=1S/C18H34N6O5/c19-12(10-25)15(26)24-14(9-11-5-2-1-3-6-11)16(27)23-13(17(28)29)7-4-8-22-18(20)21/h11-14,25H,1-10,19H2,(H,23,27)(H,24,26)(H,28,29)(H4,20,21,22)/t12-,13-,14-/m1/s1. The lowest BCUT2D eigenvalue weighted by atomic mass is 9.84. The summed E-state index contributed by atoms with van der Waals surface area (Å²) >= 11 is 0. The van der Waals surface area contributed by atoms with Gasteiger partial charge in [-0.05, 0) is 25.2 Å². The molecule has 0 aromatic carbocycles. The SMILES string of the molecule is NC(N)=NCCC[C@@H](NC(=O)[C@@H](CC1CCCCC1)NC(=O)[C@H](N)CO)C(=O)O. The van der Waals surface area contributed by atoms with E-state index in [1.165, 1.54) is 0 Å². The van der Waals surface area contributed by atoms with E-state index in [0.717, 1.165) is 32.1 Å². The Morgan fingerprint density at radius 2 is 1.66 bits per heavy atom. The minimum atomic E-state index is -1.18. The van der Waals surface area contributed by atoms with Crippen LogP contribution < -0.4 is 27.8 Å². The number of carbonyl (C=O) groups is 3. The Labute approximate surface area is 170 Å². The topological polar surface area (TPSA) is 206 Å². The molecule has 0 radical (unpaired) electrons. The van der Waals surface area contributed by atoms with Gasteiger partial charge in [-0.15, -0.1) is 0 Å². The Hall–Kier alpha value is -2.40. The van der Waals surface area contributed by atoms with Crippen LogP contribution >= 0.6 is 0 Å². The number of hydrogen-bond donors (Lipinski definition) is 7. The highest BCUT2D eigenvalue weighted by molar-refractivity contribution is 5.91. The summed E-state index contributed by atoms with van der Waals surface area (Å²) in [4.78, 5) is 40.2. The number of guanidine groups is 1. The molecule has 0 unspecified atom stereocenters. The number of aliphatic hydroxyl groups is 1. The van der Waals surface area contributed by atoms with E-state index in [1.807, 2.05) is 0 Å². The second kappa shape index (κ2) is 12.9. The zero-order chi connectivity index (χ0) is 21.8. The van der Waals surface area contributed by atoms with Gasteiger partial charge in [-0.3, -0.25) is 14.6 Å². The molecule has 2 amide bonds. The molecular formula is C18H34N6O5. The van der Waals surface area contributed by atoms with Crippen molar-refractivity contribution in [2.45, 2.75) is 69.5 Å². The van der Waals surface area contributed by atoms with Crippen molar-refractivity contribution in [1.82, 2.24) is 10.6 Å². The van der Waals surface area contributed by atoms with E-state index >= 15 is 0 Å².